The minimum Gasteiger partial charge on any atom is -0.300 e. The van der Waals surface area contributed by atoms with Gasteiger partial charge in [0, 0.05) is 37.6 Å². The van der Waals surface area contributed by atoms with Crippen molar-refractivity contribution in [3.8, 4) is 11.1 Å². The predicted molar refractivity (Wildman–Crippen MR) is 115 cm³/mol. The molecule has 28 heavy (non-hydrogen) atoms. The summed E-state index contributed by atoms with van der Waals surface area (Å²) in [5.41, 5.74) is 2.11. The van der Waals surface area contributed by atoms with E-state index in [1.807, 2.05) is 42.5 Å². The maximum absolute atomic E-state index is 13.0. The molecule has 0 saturated carbocycles. The number of piperazine rings is 1. The van der Waals surface area contributed by atoms with Crippen molar-refractivity contribution in [3.05, 3.63) is 77.0 Å². The molecule has 1 fully saturated rings. The van der Waals surface area contributed by atoms with E-state index >= 15 is 0 Å². The summed E-state index contributed by atoms with van der Waals surface area (Å²) in [6.07, 6.45) is 1.03. The Bertz CT molecular complexity index is 977. The normalized spacial score (nSPS) is 16.3. The molecule has 1 aliphatic heterocycles. The molecule has 4 rings (SSSR count). The highest BCUT2D eigenvalue weighted by molar-refractivity contribution is 7.89. The van der Waals surface area contributed by atoms with Crippen molar-refractivity contribution in [2.75, 3.05) is 32.7 Å². The Morgan fingerprint density at radius 3 is 2.11 bits per heavy atom. The lowest BCUT2D eigenvalue weighted by Crippen LogP contribution is -2.48. The van der Waals surface area contributed by atoms with Gasteiger partial charge >= 0.3 is 0 Å². The van der Waals surface area contributed by atoms with Crippen LogP contribution in [0.5, 0.6) is 0 Å². The molecule has 0 N–H and O–H groups in total. The highest BCUT2D eigenvalue weighted by atomic mass is 32.2. The average molecular weight is 413 g/mol. The Kier molecular flexibility index (Phi) is 5.92. The zero-order valence-corrected chi connectivity index (χ0v) is 17.3. The molecule has 0 radical (unpaired) electrons. The molecule has 6 heteroatoms. The smallest absolute Gasteiger partial charge is 0.243 e. The minimum atomic E-state index is -3.43. The van der Waals surface area contributed by atoms with Crippen LogP contribution >= 0.6 is 11.3 Å². The quantitative estimate of drug-likeness (QED) is 0.615. The Balaban J connectivity index is 1.37. The van der Waals surface area contributed by atoms with Crippen molar-refractivity contribution in [2.45, 2.75) is 11.3 Å². The van der Waals surface area contributed by atoms with Crippen molar-refractivity contribution in [2.24, 2.45) is 0 Å². The van der Waals surface area contributed by atoms with Crippen LogP contribution in [-0.2, 0) is 16.4 Å². The number of hydrogen-bond acceptors (Lipinski definition) is 4. The second-order valence-corrected chi connectivity index (χ2v) is 9.94. The van der Waals surface area contributed by atoms with Crippen molar-refractivity contribution in [1.29, 1.82) is 0 Å². The molecule has 0 atom stereocenters. The van der Waals surface area contributed by atoms with Gasteiger partial charge in [-0.3, -0.25) is 0 Å². The molecule has 146 valence electrons. The number of hydrogen-bond donors (Lipinski definition) is 0. The van der Waals surface area contributed by atoms with Gasteiger partial charge in [0.2, 0.25) is 10.0 Å². The fourth-order valence-corrected chi connectivity index (χ4v) is 5.64. The predicted octanol–water partition coefficient (Wildman–Crippen LogP) is 3.96. The van der Waals surface area contributed by atoms with Gasteiger partial charge in [0.05, 0.1) is 4.90 Å². The van der Waals surface area contributed by atoms with Gasteiger partial charge in [0.25, 0.3) is 0 Å². The summed E-state index contributed by atoms with van der Waals surface area (Å²) in [5, 5.41) is 2.10. The lowest BCUT2D eigenvalue weighted by molar-refractivity contribution is 0.190. The first-order chi connectivity index (χ1) is 13.6. The summed E-state index contributed by atoms with van der Waals surface area (Å²) in [6.45, 7) is 3.65. The maximum atomic E-state index is 13.0. The third-order valence-electron chi connectivity index (χ3n) is 5.19. The molecule has 0 bridgehead atoms. The van der Waals surface area contributed by atoms with Gasteiger partial charge in [-0.2, -0.15) is 4.31 Å². The van der Waals surface area contributed by atoms with E-state index in [0.717, 1.165) is 37.2 Å². The fraction of sp³-hybridized carbons (Fsp3) is 0.273. The van der Waals surface area contributed by atoms with Crippen LogP contribution in [0.15, 0.2) is 77.0 Å². The number of nitrogens with zero attached hydrogens (tertiary/aromatic N) is 2. The Labute approximate surface area is 171 Å². The van der Waals surface area contributed by atoms with Gasteiger partial charge in [0.1, 0.15) is 0 Å². The monoisotopic (exact) mass is 412 g/mol. The molecule has 1 aliphatic rings. The first kappa shape index (κ1) is 19.3. The first-order valence-electron chi connectivity index (χ1n) is 9.53. The highest BCUT2D eigenvalue weighted by Gasteiger charge is 2.28. The Hall–Kier alpha value is -1.99. The van der Waals surface area contributed by atoms with Crippen LogP contribution in [0.25, 0.3) is 11.1 Å². The van der Waals surface area contributed by atoms with Crippen molar-refractivity contribution < 1.29 is 8.42 Å². The zero-order valence-electron chi connectivity index (χ0n) is 15.7. The molecule has 2 aromatic carbocycles. The largest absolute Gasteiger partial charge is 0.300 e. The minimum absolute atomic E-state index is 0.374. The van der Waals surface area contributed by atoms with Gasteiger partial charge in [-0.1, -0.05) is 48.5 Å². The van der Waals surface area contributed by atoms with Crippen LogP contribution in [0, 0.1) is 0 Å². The second kappa shape index (κ2) is 8.57. The van der Waals surface area contributed by atoms with Crippen molar-refractivity contribution >= 4 is 21.4 Å². The number of thiophene rings is 1. The van der Waals surface area contributed by atoms with E-state index in [4.69, 9.17) is 0 Å². The maximum Gasteiger partial charge on any atom is 0.243 e. The number of sulfonamides is 1. The van der Waals surface area contributed by atoms with Gasteiger partial charge < -0.3 is 4.90 Å². The highest BCUT2D eigenvalue weighted by Crippen LogP contribution is 2.23. The van der Waals surface area contributed by atoms with Gasteiger partial charge in [0.15, 0.2) is 0 Å². The number of rotatable bonds is 6. The topological polar surface area (TPSA) is 40.6 Å². The molecule has 0 spiro atoms. The Morgan fingerprint density at radius 1 is 0.786 bits per heavy atom. The SMILES string of the molecule is O=S(=O)(c1ccc(-c2ccccc2)cc1)N1CCN(CCc2cccs2)CC1. The van der Waals surface area contributed by atoms with E-state index in [1.165, 1.54) is 4.88 Å². The van der Waals surface area contributed by atoms with Crippen molar-refractivity contribution in [1.82, 2.24) is 9.21 Å². The van der Waals surface area contributed by atoms with Gasteiger partial charge in [-0.05, 0) is 41.1 Å². The van der Waals surface area contributed by atoms with E-state index in [2.05, 4.69) is 22.4 Å². The summed E-state index contributed by atoms with van der Waals surface area (Å²) in [4.78, 5) is 4.11. The Morgan fingerprint density at radius 2 is 1.46 bits per heavy atom. The first-order valence-corrected chi connectivity index (χ1v) is 11.9. The van der Waals surface area contributed by atoms with E-state index in [-0.39, 0.29) is 0 Å². The van der Waals surface area contributed by atoms with Gasteiger partial charge in [-0.15, -0.1) is 11.3 Å². The van der Waals surface area contributed by atoms with Crippen LogP contribution < -0.4 is 0 Å². The third kappa shape index (κ3) is 4.36. The lowest BCUT2D eigenvalue weighted by Gasteiger charge is -2.33. The molecule has 1 saturated heterocycles. The number of benzene rings is 2. The summed E-state index contributed by atoms with van der Waals surface area (Å²) < 4.78 is 27.6. The molecule has 1 aromatic heterocycles. The molecule has 0 aliphatic carbocycles. The van der Waals surface area contributed by atoms with Crippen LogP contribution in [0.3, 0.4) is 0 Å². The molecule has 4 nitrogen and oxygen atoms in total. The van der Waals surface area contributed by atoms with E-state index in [9.17, 15) is 8.42 Å². The van der Waals surface area contributed by atoms with Crippen LogP contribution in [0.2, 0.25) is 0 Å². The van der Waals surface area contributed by atoms with Gasteiger partial charge in [-0.25, -0.2) is 8.42 Å². The van der Waals surface area contributed by atoms with E-state index < -0.39 is 10.0 Å². The average Bonchev–Trinajstić information content (AvgIpc) is 3.27. The molecule has 0 unspecified atom stereocenters. The fourth-order valence-electron chi connectivity index (χ4n) is 3.52. The summed E-state index contributed by atoms with van der Waals surface area (Å²) in [5.74, 6) is 0. The standard InChI is InChI=1S/C22H24N2O2S2/c25-28(26,22-10-8-20(9-11-22)19-5-2-1-3-6-19)24-16-14-23(15-17-24)13-12-21-7-4-18-27-21/h1-11,18H,12-17H2. The van der Waals surface area contributed by atoms with E-state index in [0.29, 0.717) is 18.0 Å². The molecule has 2 heterocycles. The van der Waals surface area contributed by atoms with E-state index in [1.54, 1.807) is 27.8 Å². The van der Waals surface area contributed by atoms with Crippen LogP contribution in [-0.4, -0.2) is 50.3 Å². The third-order valence-corrected chi connectivity index (χ3v) is 8.03. The van der Waals surface area contributed by atoms with Crippen molar-refractivity contribution in [3.63, 3.8) is 0 Å². The molecule has 3 aromatic rings. The second-order valence-electron chi connectivity index (χ2n) is 6.97. The summed E-state index contributed by atoms with van der Waals surface area (Å²) in [7, 11) is -3.43. The summed E-state index contributed by atoms with van der Waals surface area (Å²) in [6, 6.07) is 21.5. The summed E-state index contributed by atoms with van der Waals surface area (Å²) >= 11 is 1.78. The van der Waals surface area contributed by atoms with Crippen LogP contribution in [0.1, 0.15) is 4.88 Å². The zero-order chi connectivity index (χ0) is 19.4. The molecular formula is C22H24N2O2S2. The lowest BCUT2D eigenvalue weighted by atomic mass is 10.1. The molecular weight excluding hydrogens is 388 g/mol. The van der Waals surface area contributed by atoms with Crippen LogP contribution in [0.4, 0.5) is 0 Å². The molecule has 0 amide bonds.